The molecule has 12 rings (SSSR count). The van der Waals surface area contributed by atoms with E-state index < -0.39 is 5.41 Å². The van der Waals surface area contributed by atoms with Gasteiger partial charge < -0.3 is 4.90 Å². The minimum absolute atomic E-state index is 0.107. The van der Waals surface area contributed by atoms with Crippen LogP contribution in [0.4, 0.5) is 17.1 Å². The molecule has 65 heavy (non-hydrogen) atoms. The first kappa shape index (κ1) is 38.7. The molecule has 1 nitrogen and oxygen atoms in total. The van der Waals surface area contributed by atoms with Gasteiger partial charge in [-0.05, 0) is 114 Å². The van der Waals surface area contributed by atoms with E-state index in [1.807, 2.05) is 0 Å². The van der Waals surface area contributed by atoms with Crippen molar-refractivity contribution in [2.45, 2.75) is 24.7 Å². The van der Waals surface area contributed by atoms with Gasteiger partial charge in [0.25, 0.3) is 0 Å². The van der Waals surface area contributed by atoms with Gasteiger partial charge >= 0.3 is 0 Å². The van der Waals surface area contributed by atoms with Crippen LogP contribution >= 0.6 is 0 Å². The van der Waals surface area contributed by atoms with Crippen molar-refractivity contribution in [1.29, 1.82) is 0 Å². The van der Waals surface area contributed by atoms with Gasteiger partial charge in [0.05, 0.1) is 11.1 Å². The molecule has 2 aliphatic carbocycles. The fourth-order valence-electron chi connectivity index (χ4n) is 11.2. The first-order valence-electron chi connectivity index (χ1n) is 22.8. The van der Waals surface area contributed by atoms with Crippen molar-refractivity contribution < 1.29 is 0 Å². The predicted molar refractivity (Wildman–Crippen MR) is 272 cm³/mol. The molecule has 0 spiro atoms. The van der Waals surface area contributed by atoms with Crippen LogP contribution in [-0.2, 0) is 10.8 Å². The predicted octanol–water partition coefficient (Wildman–Crippen LogP) is 16.8. The van der Waals surface area contributed by atoms with Gasteiger partial charge in [-0.3, -0.25) is 0 Å². The summed E-state index contributed by atoms with van der Waals surface area (Å²) in [4.78, 5) is 2.52. The molecule has 10 aromatic carbocycles. The van der Waals surface area contributed by atoms with Crippen LogP contribution in [0.15, 0.2) is 249 Å². The maximum absolute atomic E-state index is 2.52. The van der Waals surface area contributed by atoms with Crippen LogP contribution in [0.1, 0.15) is 47.2 Å². The second-order valence-corrected chi connectivity index (χ2v) is 18.0. The maximum Gasteiger partial charge on any atom is 0.0713 e. The second-order valence-electron chi connectivity index (χ2n) is 18.0. The van der Waals surface area contributed by atoms with Gasteiger partial charge in [-0.2, -0.15) is 0 Å². The van der Waals surface area contributed by atoms with Crippen LogP contribution < -0.4 is 4.90 Å². The van der Waals surface area contributed by atoms with E-state index in [1.165, 1.54) is 83.5 Å². The molecular formula is C64H47N. The van der Waals surface area contributed by atoms with Crippen molar-refractivity contribution in [2.24, 2.45) is 0 Å². The van der Waals surface area contributed by atoms with Gasteiger partial charge in [-0.15, -0.1) is 0 Å². The summed E-state index contributed by atoms with van der Waals surface area (Å²) in [6.07, 6.45) is 0. The number of anilines is 3. The Kier molecular flexibility index (Phi) is 9.14. The van der Waals surface area contributed by atoms with Crippen molar-refractivity contribution in [1.82, 2.24) is 0 Å². The summed E-state index contributed by atoms with van der Waals surface area (Å²) in [5.74, 6) is 0. The second kappa shape index (κ2) is 15.4. The summed E-state index contributed by atoms with van der Waals surface area (Å²) in [6.45, 7) is 4.72. The van der Waals surface area contributed by atoms with E-state index in [-0.39, 0.29) is 5.41 Å². The molecule has 1 heteroatoms. The minimum atomic E-state index is -0.487. The molecule has 308 valence electrons. The molecule has 0 N–H and O–H groups in total. The third-order valence-electron chi connectivity index (χ3n) is 14.2. The highest BCUT2D eigenvalue weighted by Gasteiger charge is 2.46. The highest BCUT2D eigenvalue weighted by Crippen LogP contribution is 2.58. The topological polar surface area (TPSA) is 3.24 Å². The molecule has 0 radical (unpaired) electrons. The molecule has 0 bridgehead atoms. The Morgan fingerprint density at radius 2 is 0.708 bits per heavy atom. The smallest absolute Gasteiger partial charge is 0.0713 e. The fraction of sp³-hybridized carbons (Fsp3) is 0.0625. The van der Waals surface area contributed by atoms with Gasteiger partial charge in [-0.25, -0.2) is 0 Å². The molecular weight excluding hydrogens is 783 g/mol. The Morgan fingerprint density at radius 1 is 0.292 bits per heavy atom. The minimum Gasteiger partial charge on any atom is -0.310 e. The molecule has 0 aliphatic heterocycles. The van der Waals surface area contributed by atoms with E-state index >= 15 is 0 Å². The zero-order valence-corrected chi connectivity index (χ0v) is 36.6. The monoisotopic (exact) mass is 829 g/mol. The summed E-state index contributed by atoms with van der Waals surface area (Å²) in [6, 6.07) is 92.1. The van der Waals surface area contributed by atoms with E-state index in [4.69, 9.17) is 0 Å². The number of benzene rings is 10. The maximum atomic E-state index is 2.52. The van der Waals surface area contributed by atoms with Gasteiger partial charge in [-0.1, -0.05) is 232 Å². The number of hydrogen-bond donors (Lipinski definition) is 0. The van der Waals surface area contributed by atoms with Crippen LogP contribution in [0.25, 0.3) is 55.6 Å². The summed E-state index contributed by atoms with van der Waals surface area (Å²) < 4.78 is 0. The Hall–Kier alpha value is -8.00. The zero-order chi connectivity index (χ0) is 43.5. The molecule has 0 saturated carbocycles. The lowest BCUT2D eigenvalue weighted by Gasteiger charge is -2.34. The first-order chi connectivity index (χ1) is 32.0. The number of hydrogen-bond acceptors (Lipinski definition) is 1. The summed E-state index contributed by atoms with van der Waals surface area (Å²) in [7, 11) is 0. The quantitative estimate of drug-likeness (QED) is 0.147. The SMILES string of the molecule is CC1(C)c2ccccc2-c2cc(N(c3ccc4c(c3)-c3ccccc3C4(c3ccccc3)c3ccccc3)c3cccc(-c4ccccc4)c3-c3ccc(-c4ccccc4)cc3)ccc21. The van der Waals surface area contributed by atoms with Gasteiger partial charge in [0.15, 0.2) is 0 Å². The van der Waals surface area contributed by atoms with Crippen molar-refractivity contribution in [3.8, 4) is 55.6 Å². The van der Waals surface area contributed by atoms with Crippen molar-refractivity contribution in [3.63, 3.8) is 0 Å². The van der Waals surface area contributed by atoms with Crippen molar-refractivity contribution in [2.75, 3.05) is 4.90 Å². The Balaban J connectivity index is 1.14. The number of rotatable bonds is 8. The molecule has 0 heterocycles. The van der Waals surface area contributed by atoms with Crippen molar-refractivity contribution in [3.05, 3.63) is 282 Å². The normalized spacial score (nSPS) is 13.6. The van der Waals surface area contributed by atoms with Crippen LogP contribution in [0.3, 0.4) is 0 Å². The summed E-state index contributed by atoms with van der Waals surface area (Å²) in [5.41, 5.74) is 22.8. The number of fused-ring (bicyclic) bond motifs is 6. The molecule has 2 aliphatic rings. The molecule has 0 saturated heterocycles. The molecule has 0 fully saturated rings. The molecule has 0 atom stereocenters. The third kappa shape index (κ3) is 6.07. The van der Waals surface area contributed by atoms with Gasteiger partial charge in [0.1, 0.15) is 0 Å². The number of nitrogens with zero attached hydrogens (tertiary/aromatic N) is 1. The molecule has 0 amide bonds. The highest BCUT2D eigenvalue weighted by molar-refractivity contribution is 5.99. The Labute approximate surface area is 382 Å². The lowest BCUT2D eigenvalue weighted by molar-refractivity contribution is 0.660. The van der Waals surface area contributed by atoms with Crippen LogP contribution in [0.5, 0.6) is 0 Å². The van der Waals surface area contributed by atoms with Gasteiger partial charge in [0.2, 0.25) is 0 Å². The van der Waals surface area contributed by atoms with Crippen LogP contribution in [0, 0.1) is 0 Å². The molecule has 10 aromatic rings. The summed E-state index contributed by atoms with van der Waals surface area (Å²) >= 11 is 0. The lowest BCUT2D eigenvalue weighted by Crippen LogP contribution is -2.28. The Morgan fingerprint density at radius 3 is 1.32 bits per heavy atom. The lowest BCUT2D eigenvalue weighted by atomic mass is 9.68. The molecule has 0 aromatic heterocycles. The standard InChI is InChI=1S/C64H47N/c1-63(2)57-31-17-15-28-53(57)55-42-50(38-40-58(55)63)65(61-33-19-30-52(46-22-9-4-10-23-46)62(61)47-36-34-45(35-37-47)44-20-7-3-8-21-44)51-39-41-60-56(43-51)54-29-16-18-32-59(54)64(60,48-24-11-5-12-25-48)49-26-13-6-14-27-49/h3-43H,1-2H3. The van der Waals surface area contributed by atoms with E-state index in [9.17, 15) is 0 Å². The van der Waals surface area contributed by atoms with Gasteiger partial charge in [0, 0.05) is 22.4 Å². The Bertz CT molecular complexity index is 3330. The van der Waals surface area contributed by atoms with E-state index in [2.05, 4.69) is 267 Å². The van der Waals surface area contributed by atoms with E-state index in [0.29, 0.717) is 0 Å². The third-order valence-corrected chi connectivity index (χ3v) is 14.2. The largest absolute Gasteiger partial charge is 0.310 e. The molecule has 0 unspecified atom stereocenters. The van der Waals surface area contributed by atoms with Crippen LogP contribution in [-0.4, -0.2) is 0 Å². The van der Waals surface area contributed by atoms with Crippen LogP contribution in [0.2, 0.25) is 0 Å². The first-order valence-corrected chi connectivity index (χ1v) is 22.8. The van der Waals surface area contributed by atoms with E-state index in [1.54, 1.807) is 0 Å². The van der Waals surface area contributed by atoms with Crippen molar-refractivity contribution >= 4 is 17.1 Å². The van der Waals surface area contributed by atoms with E-state index in [0.717, 1.165) is 22.6 Å². The average molecular weight is 830 g/mol. The summed E-state index contributed by atoms with van der Waals surface area (Å²) in [5, 5.41) is 0. The average Bonchev–Trinajstić information content (AvgIpc) is 3.80. The zero-order valence-electron chi connectivity index (χ0n) is 36.6. The highest BCUT2D eigenvalue weighted by atomic mass is 15.1. The fourth-order valence-corrected chi connectivity index (χ4v) is 11.2.